The Morgan fingerprint density at radius 3 is 3.17 bits per heavy atom. The Bertz CT molecular complexity index is 179. The quantitative estimate of drug-likeness (QED) is 0.627. The minimum Gasteiger partial charge on any atom is -0.374 e. The van der Waals surface area contributed by atoms with Crippen LogP contribution in [0.25, 0.3) is 0 Å². The SMILES string of the molecule is C=CCC(C#N)C1CNCCO1. The molecule has 1 saturated heterocycles. The number of hydrogen-bond donors (Lipinski definition) is 1. The van der Waals surface area contributed by atoms with Gasteiger partial charge in [0, 0.05) is 13.1 Å². The molecule has 0 radical (unpaired) electrons. The fourth-order valence-corrected chi connectivity index (χ4v) is 1.31. The van der Waals surface area contributed by atoms with Gasteiger partial charge in [-0.15, -0.1) is 6.58 Å². The maximum Gasteiger partial charge on any atom is 0.0860 e. The van der Waals surface area contributed by atoms with Crippen LogP contribution in [0.15, 0.2) is 12.7 Å². The van der Waals surface area contributed by atoms with Crippen LogP contribution >= 0.6 is 0 Å². The van der Waals surface area contributed by atoms with Crippen LogP contribution < -0.4 is 5.32 Å². The molecule has 0 amide bonds. The third kappa shape index (κ3) is 2.33. The first kappa shape index (κ1) is 9.24. The first-order valence-electron chi connectivity index (χ1n) is 4.21. The molecule has 3 nitrogen and oxygen atoms in total. The standard InChI is InChI=1S/C9H14N2O/c1-2-3-8(6-10)9-7-11-4-5-12-9/h2,8-9,11H,1,3-5,7H2. The van der Waals surface area contributed by atoms with Gasteiger partial charge in [0.15, 0.2) is 0 Å². The van der Waals surface area contributed by atoms with Crippen LogP contribution in [0.3, 0.4) is 0 Å². The summed E-state index contributed by atoms with van der Waals surface area (Å²) in [4.78, 5) is 0. The molecule has 12 heavy (non-hydrogen) atoms. The van der Waals surface area contributed by atoms with E-state index in [9.17, 15) is 0 Å². The molecule has 66 valence electrons. The van der Waals surface area contributed by atoms with E-state index in [0.717, 1.165) is 13.1 Å². The van der Waals surface area contributed by atoms with Crippen molar-refractivity contribution >= 4 is 0 Å². The zero-order valence-electron chi connectivity index (χ0n) is 7.12. The predicted molar refractivity (Wildman–Crippen MR) is 46.5 cm³/mol. The number of rotatable bonds is 3. The van der Waals surface area contributed by atoms with Crippen LogP contribution in [0.5, 0.6) is 0 Å². The molecular formula is C9H14N2O. The van der Waals surface area contributed by atoms with Gasteiger partial charge in [-0.05, 0) is 6.42 Å². The summed E-state index contributed by atoms with van der Waals surface area (Å²) in [6.07, 6.45) is 2.52. The fraction of sp³-hybridized carbons (Fsp3) is 0.667. The van der Waals surface area contributed by atoms with E-state index < -0.39 is 0 Å². The maximum absolute atomic E-state index is 8.80. The number of ether oxygens (including phenoxy) is 1. The van der Waals surface area contributed by atoms with Crippen LogP contribution in [0.1, 0.15) is 6.42 Å². The van der Waals surface area contributed by atoms with E-state index >= 15 is 0 Å². The molecule has 1 fully saturated rings. The minimum absolute atomic E-state index is 0.0433. The van der Waals surface area contributed by atoms with Gasteiger partial charge in [-0.2, -0.15) is 5.26 Å². The van der Waals surface area contributed by atoms with Crippen LogP contribution in [0.2, 0.25) is 0 Å². The molecule has 0 saturated carbocycles. The third-order valence-corrected chi connectivity index (χ3v) is 1.99. The van der Waals surface area contributed by atoms with E-state index in [2.05, 4.69) is 18.0 Å². The van der Waals surface area contributed by atoms with Gasteiger partial charge < -0.3 is 10.1 Å². The third-order valence-electron chi connectivity index (χ3n) is 1.99. The molecule has 2 unspecified atom stereocenters. The highest BCUT2D eigenvalue weighted by atomic mass is 16.5. The van der Waals surface area contributed by atoms with Gasteiger partial charge in [-0.25, -0.2) is 0 Å². The fourth-order valence-electron chi connectivity index (χ4n) is 1.31. The molecular weight excluding hydrogens is 152 g/mol. The van der Waals surface area contributed by atoms with Crippen molar-refractivity contribution in [1.29, 1.82) is 5.26 Å². The van der Waals surface area contributed by atoms with Crippen molar-refractivity contribution in [2.75, 3.05) is 19.7 Å². The number of nitrogens with zero attached hydrogens (tertiary/aromatic N) is 1. The van der Waals surface area contributed by atoms with Gasteiger partial charge >= 0.3 is 0 Å². The van der Waals surface area contributed by atoms with Gasteiger partial charge in [0.25, 0.3) is 0 Å². The van der Waals surface area contributed by atoms with Gasteiger partial charge in [-0.1, -0.05) is 6.08 Å². The molecule has 3 heteroatoms. The monoisotopic (exact) mass is 166 g/mol. The zero-order chi connectivity index (χ0) is 8.81. The topological polar surface area (TPSA) is 45.0 Å². The van der Waals surface area contributed by atoms with Crippen LogP contribution in [0, 0.1) is 17.2 Å². The molecule has 0 bridgehead atoms. The van der Waals surface area contributed by atoms with E-state index in [1.54, 1.807) is 6.08 Å². The van der Waals surface area contributed by atoms with E-state index in [1.807, 2.05) is 0 Å². The summed E-state index contributed by atoms with van der Waals surface area (Å²) in [7, 11) is 0. The first-order chi connectivity index (χ1) is 5.88. The Labute approximate surface area is 73.0 Å². The lowest BCUT2D eigenvalue weighted by Crippen LogP contribution is -2.42. The van der Waals surface area contributed by atoms with E-state index in [1.165, 1.54) is 0 Å². The highest BCUT2D eigenvalue weighted by molar-refractivity contribution is 4.94. The molecule has 0 aromatic rings. The van der Waals surface area contributed by atoms with Gasteiger partial charge in [0.2, 0.25) is 0 Å². The summed E-state index contributed by atoms with van der Waals surface area (Å²) in [6, 6.07) is 2.24. The molecule has 0 spiro atoms. The molecule has 1 rings (SSSR count). The number of nitriles is 1. The van der Waals surface area contributed by atoms with Crippen LogP contribution in [-0.2, 0) is 4.74 Å². The van der Waals surface area contributed by atoms with Gasteiger partial charge in [0.05, 0.1) is 24.7 Å². The first-order valence-corrected chi connectivity index (χ1v) is 4.21. The van der Waals surface area contributed by atoms with Gasteiger partial charge in [0.1, 0.15) is 0 Å². The van der Waals surface area contributed by atoms with Crippen molar-refractivity contribution in [2.24, 2.45) is 5.92 Å². The highest BCUT2D eigenvalue weighted by Gasteiger charge is 2.22. The van der Waals surface area contributed by atoms with Crippen LogP contribution in [-0.4, -0.2) is 25.8 Å². The number of morpholine rings is 1. The molecule has 0 aromatic heterocycles. The molecule has 2 atom stereocenters. The van der Waals surface area contributed by atoms with Crippen molar-refractivity contribution in [3.05, 3.63) is 12.7 Å². The van der Waals surface area contributed by atoms with Crippen molar-refractivity contribution in [3.8, 4) is 6.07 Å². The summed E-state index contributed by atoms with van der Waals surface area (Å²) in [5.41, 5.74) is 0. The largest absolute Gasteiger partial charge is 0.374 e. The lowest BCUT2D eigenvalue weighted by atomic mass is 9.99. The number of hydrogen-bond acceptors (Lipinski definition) is 3. The van der Waals surface area contributed by atoms with Gasteiger partial charge in [-0.3, -0.25) is 0 Å². The van der Waals surface area contributed by atoms with Crippen LogP contribution in [0.4, 0.5) is 0 Å². The molecule has 1 N–H and O–H groups in total. The number of nitrogens with one attached hydrogen (secondary N) is 1. The Kier molecular flexibility index (Phi) is 3.78. The lowest BCUT2D eigenvalue weighted by Gasteiger charge is -2.26. The van der Waals surface area contributed by atoms with Crippen molar-refractivity contribution in [2.45, 2.75) is 12.5 Å². The second kappa shape index (κ2) is 4.91. The molecule has 1 aliphatic heterocycles. The Hall–Kier alpha value is -0.850. The average Bonchev–Trinajstić information content (AvgIpc) is 2.15. The maximum atomic E-state index is 8.80. The molecule has 0 aliphatic carbocycles. The number of allylic oxidation sites excluding steroid dienone is 1. The minimum atomic E-state index is -0.0460. The van der Waals surface area contributed by atoms with Crippen molar-refractivity contribution < 1.29 is 4.74 Å². The lowest BCUT2D eigenvalue weighted by molar-refractivity contribution is 0.00568. The average molecular weight is 166 g/mol. The second-order valence-corrected chi connectivity index (χ2v) is 2.87. The normalized spacial score (nSPS) is 25.8. The molecule has 0 aromatic carbocycles. The Morgan fingerprint density at radius 2 is 2.67 bits per heavy atom. The summed E-state index contributed by atoms with van der Waals surface area (Å²) in [6.45, 7) is 6.00. The summed E-state index contributed by atoms with van der Waals surface area (Å²) in [5, 5.41) is 12.0. The van der Waals surface area contributed by atoms with Crippen molar-refractivity contribution in [1.82, 2.24) is 5.32 Å². The zero-order valence-corrected chi connectivity index (χ0v) is 7.12. The highest BCUT2D eigenvalue weighted by Crippen LogP contribution is 2.13. The Balaban J connectivity index is 2.41. The van der Waals surface area contributed by atoms with E-state index in [-0.39, 0.29) is 12.0 Å². The second-order valence-electron chi connectivity index (χ2n) is 2.87. The summed E-state index contributed by atoms with van der Waals surface area (Å²) in [5.74, 6) is -0.0460. The van der Waals surface area contributed by atoms with E-state index in [4.69, 9.17) is 10.00 Å². The summed E-state index contributed by atoms with van der Waals surface area (Å²) < 4.78 is 5.45. The molecule has 1 heterocycles. The smallest absolute Gasteiger partial charge is 0.0860 e. The van der Waals surface area contributed by atoms with Crippen molar-refractivity contribution in [3.63, 3.8) is 0 Å². The summed E-state index contributed by atoms with van der Waals surface area (Å²) >= 11 is 0. The Morgan fingerprint density at radius 1 is 1.83 bits per heavy atom. The molecule has 1 aliphatic rings. The van der Waals surface area contributed by atoms with E-state index in [0.29, 0.717) is 13.0 Å². The predicted octanol–water partition coefficient (Wildman–Crippen LogP) is 0.691.